The SMILES string of the molecule is COC[C@H](N=C(c1ccccc1)N1C[C@@H](c2ccccc2)CC[C@H]1c1ccccc1)C(C)C. The highest BCUT2D eigenvalue weighted by Gasteiger charge is 2.33. The number of nitrogens with zero attached hydrogens (tertiary/aromatic N) is 2. The maximum atomic E-state index is 5.57. The van der Waals surface area contributed by atoms with Crippen LogP contribution in [0, 0.1) is 5.92 Å². The largest absolute Gasteiger partial charge is 0.382 e. The van der Waals surface area contributed by atoms with Crippen molar-refractivity contribution in [2.75, 3.05) is 20.3 Å². The fourth-order valence-electron chi connectivity index (χ4n) is 4.83. The van der Waals surface area contributed by atoms with Gasteiger partial charge < -0.3 is 9.64 Å². The molecule has 0 N–H and O–H groups in total. The molecular formula is C30H36N2O. The van der Waals surface area contributed by atoms with E-state index < -0.39 is 0 Å². The Labute approximate surface area is 199 Å². The van der Waals surface area contributed by atoms with Crippen molar-refractivity contribution < 1.29 is 4.74 Å². The van der Waals surface area contributed by atoms with Gasteiger partial charge in [0.2, 0.25) is 0 Å². The molecule has 172 valence electrons. The number of amidine groups is 1. The molecule has 3 nitrogen and oxygen atoms in total. The molecule has 0 unspecified atom stereocenters. The number of rotatable bonds is 7. The molecule has 0 aromatic heterocycles. The van der Waals surface area contributed by atoms with E-state index in [9.17, 15) is 0 Å². The van der Waals surface area contributed by atoms with Crippen LogP contribution >= 0.6 is 0 Å². The van der Waals surface area contributed by atoms with Crippen LogP contribution in [0.15, 0.2) is 96.0 Å². The van der Waals surface area contributed by atoms with Gasteiger partial charge in [0.1, 0.15) is 5.84 Å². The molecule has 3 aromatic carbocycles. The molecule has 1 fully saturated rings. The second-order valence-electron chi connectivity index (χ2n) is 9.35. The summed E-state index contributed by atoms with van der Waals surface area (Å²) in [7, 11) is 1.77. The van der Waals surface area contributed by atoms with E-state index in [0.717, 1.165) is 18.8 Å². The zero-order valence-corrected chi connectivity index (χ0v) is 20.1. The van der Waals surface area contributed by atoms with Gasteiger partial charge in [-0.1, -0.05) is 105 Å². The first-order valence-corrected chi connectivity index (χ1v) is 12.2. The van der Waals surface area contributed by atoms with Crippen molar-refractivity contribution in [1.82, 2.24) is 4.90 Å². The summed E-state index contributed by atoms with van der Waals surface area (Å²) in [5.41, 5.74) is 3.95. The average Bonchev–Trinajstić information content (AvgIpc) is 2.87. The number of likely N-dealkylation sites (tertiary alicyclic amines) is 1. The van der Waals surface area contributed by atoms with Crippen LogP contribution in [0.3, 0.4) is 0 Å². The van der Waals surface area contributed by atoms with Gasteiger partial charge in [0.15, 0.2) is 0 Å². The first-order valence-electron chi connectivity index (χ1n) is 12.2. The van der Waals surface area contributed by atoms with Crippen LogP contribution < -0.4 is 0 Å². The average molecular weight is 441 g/mol. The standard InChI is InChI=1S/C30H36N2O/c1-23(2)28(22-33-3)31-30(26-17-11-6-12-18-26)32-21-27(24-13-7-4-8-14-24)19-20-29(32)25-15-9-5-10-16-25/h4-18,23,27-29H,19-22H2,1-3H3/t27-,28-,29-/m0/s1. The lowest BCUT2D eigenvalue weighted by Gasteiger charge is -2.43. The molecule has 0 spiro atoms. The van der Waals surface area contributed by atoms with Gasteiger partial charge >= 0.3 is 0 Å². The molecule has 4 rings (SSSR count). The van der Waals surface area contributed by atoms with Gasteiger partial charge in [0.25, 0.3) is 0 Å². The number of hydrogen-bond donors (Lipinski definition) is 0. The van der Waals surface area contributed by atoms with E-state index >= 15 is 0 Å². The van der Waals surface area contributed by atoms with Gasteiger partial charge in [-0.05, 0) is 29.9 Å². The maximum Gasteiger partial charge on any atom is 0.131 e. The van der Waals surface area contributed by atoms with Crippen LogP contribution in [0.2, 0.25) is 0 Å². The van der Waals surface area contributed by atoms with E-state index in [2.05, 4.69) is 110 Å². The lowest BCUT2D eigenvalue weighted by atomic mass is 9.84. The number of methoxy groups -OCH3 is 1. The summed E-state index contributed by atoms with van der Waals surface area (Å²) in [5.74, 6) is 1.97. The maximum absolute atomic E-state index is 5.57. The molecular weight excluding hydrogens is 404 g/mol. The fourth-order valence-corrected chi connectivity index (χ4v) is 4.83. The van der Waals surface area contributed by atoms with Crippen molar-refractivity contribution in [3.05, 3.63) is 108 Å². The Kier molecular flexibility index (Phi) is 7.96. The minimum absolute atomic E-state index is 0.110. The van der Waals surface area contributed by atoms with Crippen LogP contribution in [0.4, 0.5) is 0 Å². The third-order valence-electron chi connectivity index (χ3n) is 6.74. The molecule has 1 saturated heterocycles. The summed E-state index contributed by atoms with van der Waals surface area (Å²) in [6.07, 6.45) is 2.28. The topological polar surface area (TPSA) is 24.8 Å². The Bertz CT molecular complexity index is 1000. The summed E-state index contributed by atoms with van der Waals surface area (Å²) in [5, 5.41) is 0. The Morgan fingerprint density at radius 3 is 2.00 bits per heavy atom. The normalized spacial score (nSPS) is 20.1. The predicted octanol–water partition coefficient (Wildman–Crippen LogP) is 6.73. The smallest absolute Gasteiger partial charge is 0.131 e. The fraction of sp³-hybridized carbons (Fsp3) is 0.367. The molecule has 33 heavy (non-hydrogen) atoms. The number of benzene rings is 3. The van der Waals surface area contributed by atoms with Crippen LogP contribution in [0.25, 0.3) is 0 Å². The third-order valence-corrected chi connectivity index (χ3v) is 6.74. The van der Waals surface area contributed by atoms with Crippen molar-refractivity contribution in [2.45, 2.75) is 44.7 Å². The summed E-state index contributed by atoms with van der Waals surface area (Å²) in [6.45, 7) is 6.04. The van der Waals surface area contributed by atoms with Gasteiger partial charge in [-0.2, -0.15) is 0 Å². The molecule has 3 heteroatoms. The number of hydrogen-bond acceptors (Lipinski definition) is 2. The Morgan fingerprint density at radius 1 is 0.848 bits per heavy atom. The van der Waals surface area contributed by atoms with Crippen molar-refractivity contribution in [2.24, 2.45) is 10.9 Å². The van der Waals surface area contributed by atoms with E-state index in [0.29, 0.717) is 24.5 Å². The highest BCUT2D eigenvalue weighted by atomic mass is 16.5. The van der Waals surface area contributed by atoms with Crippen molar-refractivity contribution >= 4 is 5.84 Å². The molecule has 0 aliphatic carbocycles. The first-order chi connectivity index (χ1) is 16.2. The van der Waals surface area contributed by atoms with Gasteiger partial charge in [0, 0.05) is 25.1 Å². The molecule has 0 amide bonds. The van der Waals surface area contributed by atoms with E-state index in [1.165, 1.54) is 23.1 Å². The summed E-state index contributed by atoms with van der Waals surface area (Å²) < 4.78 is 5.57. The van der Waals surface area contributed by atoms with E-state index in [1.54, 1.807) is 7.11 Å². The third kappa shape index (κ3) is 5.72. The lowest BCUT2D eigenvalue weighted by Crippen LogP contribution is -2.43. The van der Waals surface area contributed by atoms with E-state index in [4.69, 9.17) is 9.73 Å². The second-order valence-corrected chi connectivity index (χ2v) is 9.35. The van der Waals surface area contributed by atoms with Gasteiger partial charge in [-0.15, -0.1) is 0 Å². The molecule has 0 saturated carbocycles. The van der Waals surface area contributed by atoms with Crippen LogP contribution in [-0.4, -0.2) is 37.0 Å². The molecule has 1 heterocycles. The first kappa shape index (κ1) is 23.3. The summed E-state index contributed by atoms with van der Waals surface area (Å²) in [6, 6.07) is 33.0. The molecule has 0 bridgehead atoms. The van der Waals surface area contributed by atoms with Crippen LogP contribution in [-0.2, 0) is 4.74 Å². The van der Waals surface area contributed by atoms with E-state index in [-0.39, 0.29) is 6.04 Å². The monoisotopic (exact) mass is 440 g/mol. The second kappa shape index (κ2) is 11.3. The van der Waals surface area contributed by atoms with Crippen molar-refractivity contribution in [3.8, 4) is 0 Å². The van der Waals surface area contributed by atoms with Gasteiger partial charge in [-0.25, -0.2) is 0 Å². The highest BCUT2D eigenvalue weighted by molar-refractivity contribution is 5.99. The van der Waals surface area contributed by atoms with E-state index in [1.807, 2.05) is 0 Å². The predicted molar refractivity (Wildman–Crippen MR) is 138 cm³/mol. The van der Waals surface area contributed by atoms with Crippen molar-refractivity contribution in [3.63, 3.8) is 0 Å². The zero-order chi connectivity index (χ0) is 23.0. The number of aliphatic imine (C=N–C) groups is 1. The van der Waals surface area contributed by atoms with Gasteiger partial charge in [0.05, 0.1) is 18.7 Å². The summed E-state index contributed by atoms with van der Waals surface area (Å²) >= 11 is 0. The molecule has 3 aromatic rings. The van der Waals surface area contributed by atoms with Crippen LogP contribution in [0.5, 0.6) is 0 Å². The number of piperidine rings is 1. The highest BCUT2D eigenvalue weighted by Crippen LogP contribution is 2.39. The Balaban J connectivity index is 1.79. The Hall–Kier alpha value is -2.91. The molecule has 1 aliphatic heterocycles. The van der Waals surface area contributed by atoms with Gasteiger partial charge in [-0.3, -0.25) is 4.99 Å². The minimum atomic E-state index is 0.110. The number of ether oxygens (including phenoxy) is 1. The molecule has 1 aliphatic rings. The van der Waals surface area contributed by atoms with Crippen LogP contribution in [0.1, 0.15) is 55.3 Å². The lowest BCUT2D eigenvalue weighted by molar-refractivity contribution is 0.162. The van der Waals surface area contributed by atoms with Crippen molar-refractivity contribution in [1.29, 1.82) is 0 Å². The molecule has 0 radical (unpaired) electrons. The molecule has 3 atom stereocenters. The summed E-state index contributed by atoms with van der Waals surface area (Å²) in [4.78, 5) is 7.95. The zero-order valence-electron chi connectivity index (χ0n) is 20.1. The quantitative estimate of drug-likeness (QED) is 0.301. The minimum Gasteiger partial charge on any atom is -0.382 e. The Morgan fingerprint density at radius 2 is 1.42 bits per heavy atom.